The minimum absolute atomic E-state index is 0.253. The number of hydrogen-bond acceptors (Lipinski definition) is 4. The Morgan fingerprint density at radius 1 is 1.37 bits per heavy atom. The molecule has 1 aliphatic rings. The van der Waals surface area contributed by atoms with Crippen molar-refractivity contribution in [2.45, 2.75) is 26.2 Å². The van der Waals surface area contributed by atoms with E-state index < -0.39 is 5.41 Å². The molecule has 2 aromatic rings. The van der Waals surface area contributed by atoms with Gasteiger partial charge in [0.05, 0.1) is 30.1 Å². The fourth-order valence-corrected chi connectivity index (χ4v) is 2.64. The normalized spacial score (nSPS) is 18.0. The van der Waals surface area contributed by atoms with E-state index in [1.807, 2.05) is 39.0 Å². The smallest absolute Gasteiger partial charge is 0.192 e. The molecule has 1 fully saturated rings. The van der Waals surface area contributed by atoms with E-state index in [4.69, 9.17) is 9.15 Å². The average Bonchev–Trinajstić information content (AvgIpc) is 2.66. The van der Waals surface area contributed by atoms with E-state index in [0.29, 0.717) is 19.1 Å². The first-order chi connectivity index (χ1) is 8.98. The zero-order chi connectivity index (χ0) is 13.7. The van der Waals surface area contributed by atoms with Gasteiger partial charge in [0.2, 0.25) is 0 Å². The van der Waals surface area contributed by atoms with Crippen molar-refractivity contribution in [3.63, 3.8) is 0 Å². The van der Waals surface area contributed by atoms with Gasteiger partial charge in [-0.1, -0.05) is 6.07 Å². The zero-order valence-corrected chi connectivity index (χ0v) is 11.4. The van der Waals surface area contributed by atoms with E-state index in [1.165, 1.54) is 0 Å². The molecule has 98 valence electrons. The van der Waals surface area contributed by atoms with Gasteiger partial charge in [0.1, 0.15) is 5.52 Å². The third kappa shape index (κ3) is 1.58. The van der Waals surface area contributed by atoms with Gasteiger partial charge in [0.15, 0.2) is 11.5 Å². The molecule has 0 N–H and O–H groups in total. The van der Waals surface area contributed by atoms with Crippen molar-refractivity contribution in [2.75, 3.05) is 13.2 Å². The molecular weight excluding hydrogens is 240 g/mol. The summed E-state index contributed by atoms with van der Waals surface area (Å²) in [6, 6.07) is 8.39. The molecule has 1 aromatic heterocycles. The predicted molar refractivity (Wildman–Crippen MR) is 70.6 cm³/mol. The molecule has 2 heterocycles. The summed E-state index contributed by atoms with van der Waals surface area (Å²) in [7, 11) is 0. The minimum atomic E-state index is -0.478. The molecule has 0 amide bonds. The Balaban J connectivity index is 2.14. The van der Waals surface area contributed by atoms with Crippen molar-refractivity contribution >= 4 is 11.1 Å². The van der Waals surface area contributed by atoms with Gasteiger partial charge < -0.3 is 9.15 Å². The van der Waals surface area contributed by atoms with Gasteiger partial charge in [-0.2, -0.15) is 5.26 Å². The molecule has 19 heavy (non-hydrogen) atoms. The topological polar surface area (TPSA) is 59.0 Å². The highest BCUT2D eigenvalue weighted by atomic mass is 16.5. The molecular formula is C15H16N2O2. The van der Waals surface area contributed by atoms with Crippen molar-refractivity contribution in [3.8, 4) is 6.07 Å². The summed E-state index contributed by atoms with van der Waals surface area (Å²) < 4.78 is 11.0. The molecule has 3 rings (SSSR count). The van der Waals surface area contributed by atoms with E-state index >= 15 is 0 Å². The Kier molecular flexibility index (Phi) is 2.45. The SMILES string of the molecule is Cc1nc2ccc(C3(C(C)(C)C#N)COC3)cc2o1. The fraction of sp³-hybridized carbons (Fsp3) is 0.467. The number of ether oxygens (including phenoxy) is 1. The van der Waals surface area contributed by atoms with Gasteiger partial charge in [0.25, 0.3) is 0 Å². The number of hydrogen-bond donors (Lipinski definition) is 0. The van der Waals surface area contributed by atoms with Crippen LogP contribution in [-0.4, -0.2) is 18.2 Å². The van der Waals surface area contributed by atoms with Crippen LogP contribution in [0.2, 0.25) is 0 Å². The molecule has 0 unspecified atom stereocenters. The van der Waals surface area contributed by atoms with Crippen molar-refractivity contribution in [1.82, 2.24) is 4.98 Å². The third-order valence-electron chi connectivity index (χ3n) is 4.22. The van der Waals surface area contributed by atoms with Gasteiger partial charge in [0, 0.05) is 6.92 Å². The highest BCUT2D eigenvalue weighted by Crippen LogP contribution is 2.47. The number of rotatable bonds is 2. The second kappa shape index (κ2) is 3.82. The predicted octanol–water partition coefficient (Wildman–Crippen LogP) is 2.95. The van der Waals surface area contributed by atoms with E-state index in [0.717, 1.165) is 16.7 Å². The highest BCUT2D eigenvalue weighted by Gasteiger charge is 2.52. The number of nitrogens with zero attached hydrogens (tertiary/aromatic N) is 2. The number of oxazole rings is 1. The largest absolute Gasteiger partial charge is 0.441 e. The lowest BCUT2D eigenvalue weighted by atomic mass is 9.61. The maximum Gasteiger partial charge on any atom is 0.192 e. The Morgan fingerprint density at radius 3 is 2.68 bits per heavy atom. The van der Waals surface area contributed by atoms with Gasteiger partial charge in [-0.3, -0.25) is 0 Å². The van der Waals surface area contributed by atoms with Crippen molar-refractivity contribution in [1.29, 1.82) is 5.26 Å². The van der Waals surface area contributed by atoms with Crippen molar-refractivity contribution in [3.05, 3.63) is 29.7 Å². The van der Waals surface area contributed by atoms with Gasteiger partial charge in [-0.05, 0) is 31.5 Å². The van der Waals surface area contributed by atoms with Crippen LogP contribution >= 0.6 is 0 Å². The Labute approximate surface area is 112 Å². The molecule has 0 atom stereocenters. The van der Waals surface area contributed by atoms with Gasteiger partial charge in [-0.15, -0.1) is 0 Å². The van der Waals surface area contributed by atoms with Crippen LogP contribution in [0.4, 0.5) is 0 Å². The standard InChI is InChI=1S/C15H16N2O2/c1-10-17-12-5-4-11(6-13(12)19-10)15(8-18-9-15)14(2,3)7-16/h4-6H,8-9H2,1-3H3. The molecule has 4 heteroatoms. The summed E-state index contributed by atoms with van der Waals surface area (Å²) in [6.45, 7) is 6.91. The van der Waals surface area contributed by atoms with Gasteiger partial charge in [-0.25, -0.2) is 4.98 Å². The second-order valence-corrected chi connectivity index (χ2v) is 5.73. The number of benzene rings is 1. The van der Waals surface area contributed by atoms with Gasteiger partial charge >= 0.3 is 0 Å². The van der Waals surface area contributed by atoms with Crippen LogP contribution in [-0.2, 0) is 10.2 Å². The lowest BCUT2D eigenvalue weighted by molar-refractivity contribution is -0.102. The first-order valence-corrected chi connectivity index (χ1v) is 6.35. The summed E-state index contributed by atoms with van der Waals surface area (Å²) >= 11 is 0. The molecule has 0 radical (unpaired) electrons. The number of aryl methyl sites for hydroxylation is 1. The second-order valence-electron chi connectivity index (χ2n) is 5.73. The van der Waals surface area contributed by atoms with E-state index in [9.17, 15) is 5.26 Å². The van der Waals surface area contributed by atoms with E-state index in [-0.39, 0.29) is 5.41 Å². The van der Waals surface area contributed by atoms with Crippen LogP contribution in [0.1, 0.15) is 25.3 Å². The molecule has 0 aliphatic carbocycles. The third-order valence-corrected chi connectivity index (χ3v) is 4.22. The quantitative estimate of drug-likeness (QED) is 0.828. The maximum atomic E-state index is 9.43. The van der Waals surface area contributed by atoms with Crippen LogP contribution in [0.15, 0.2) is 22.6 Å². The van der Waals surface area contributed by atoms with Crippen molar-refractivity contribution in [2.24, 2.45) is 5.41 Å². The van der Waals surface area contributed by atoms with Crippen LogP contribution < -0.4 is 0 Å². The Hall–Kier alpha value is -1.86. The number of nitriles is 1. The summed E-state index contributed by atoms with van der Waals surface area (Å²) in [5.41, 5.74) is 1.99. The first kappa shape index (κ1) is 12.2. The molecule has 4 nitrogen and oxygen atoms in total. The van der Waals surface area contributed by atoms with E-state index in [2.05, 4.69) is 11.1 Å². The monoisotopic (exact) mass is 256 g/mol. The summed E-state index contributed by atoms with van der Waals surface area (Å²) in [6.07, 6.45) is 0. The Bertz CT molecular complexity index is 675. The average molecular weight is 256 g/mol. The fourth-order valence-electron chi connectivity index (χ4n) is 2.64. The molecule has 1 aliphatic heterocycles. The van der Waals surface area contributed by atoms with E-state index in [1.54, 1.807) is 0 Å². The molecule has 0 bridgehead atoms. The van der Waals surface area contributed by atoms with Crippen molar-refractivity contribution < 1.29 is 9.15 Å². The zero-order valence-electron chi connectivity index (χ0n) is 11.4. The molecule has 1 saturated heterocycles. The lowest BCUT2D eigenvalue weighted by Gasteiger charge is -2.49. The first-order valence-electron chi connectivity index (χ1n) is 6.35. The van der Waals surface area contributed by atoms with Crippen LogP contribution in [0.5, 0.6) is 0 Å². The maximum absolute atomic E-state index is 9.43. The van der Waals surface area contributed by atoms with Crippen LogP contribution in [0.3, 0.4) is 0 Å². The summed E-state index contributed by atoms with van der Waals surface area (Å²) in [5.74, 6) is 0.658. The number of aromatic nitrogens is 1. The lowest BCUT2D eigenvalue weighted by Crippen LogP contribution is -2.56. The summed E-state index contributed by atoms with van der Waals surface area (Å²) in [5, 5.41) is 9.43. The van der Waals surface area contributed by atoms with Crippen LogP contribution in [0, 0.1) is 23.7 Å². The molecule has 0 saturated carbocycles. The molecule has 0 spiro atoms. The van der Waals surface area contributed by atoms with Crippen LogP contribution in [0.25, 0.3) is 11.1 Å². The number of fused-ring (bicyclic) bond motifs is 1. The summed E-state index contributed by atoms with van der Waals surface area (Å²) in [4.78, 5) is 4.30. The minimum Gasteiger partial charge on any atom is -0.441 e. The highest BCUT2D eigenvalue weighted by molar-refractivity contribution is 5.74. The molecule has 1 aromatic carbocycles. The Morgan fingerprint density at radius 2 is 2.11 bits per heavy atom.